The van der Waals surface area contributed by atoms with Gasteiger partial charge in [0.1, 0.15) is 6.54 Å². The second-order valence-electron chi connectivity index (χ2n) is 8.29. The molecule has 2 aromatic carbocycles. The van der Waals surface area contributed by atoms with Gasteiger partial charge in [0.15, 0.2) is 12.4 Å². The SMILES string of the molecule is O=C(c1cccc(Cl)c1)N1CC2=C(c3cc(Cl)ccc3C2)C(CC[n+]2ccccc2)C1. The lowest BCUT2D eigenvalue weighted by molar-refractivity contribution is -0.697. The maximum Gasteiger partial charge on any atom is 0.254 e. The molecule has 0 radical (unpaired) electrons. The van der Waals surface area contributed by atoms with Crippen LogP contribution >= 0.6 is 23.2 Å². The molecule has 0 fully saturated rings. The average molecular weight is 450 g/mol. The fourth-order valence-corrected chi connectivity index (χ4v) is 5.22. The van der Waals surface area contributed by atoms with Crippen LogP contribution in [-0.2, 0) is 13.0 Å². The quantitative estimate of drug-likeness (QED) is 0.485. The Balaban J connectivity index is 1.46. The molecule has 2 heterocycles. The molecule has 3 aromatic rings. The molecule has 3 nitrogen and oxygen atoms in total. The number of hydrogen-bond donors (Lipinski definition) is 0. The Kier molecular flexibility index (Phi) is 5.56. The highest BCUT2D eigenvalue weighted by atomic mass is 35.5. The number of carbonyl (C=O) groups excluding carboxylic acids is 1. The Morgan fingerprint density at radius 1 is 1.00 bits per heavy atom. The van der Waals surface area contributed by atoms with Crippen LogP contribution in [0.1, 0.15) is 27.9 Å². The molecule has 5 rings (SSSR count). The Bertz CT molecular complexity index is 1170. The molecule has 2 aliphatic rings. The van der Waals surface area contributed by atoms with Crippen molar-refractivity contribution in [1.29, 1.82) is 0 Å². The molecule has 1 atom stereocenters. The number of pyridine rings is 1. The van der Waals surface area contributed by atoms with Crippen LogP contribution in [0.15, 0.2) is 78.6 Å². The normalized spacial score (nSPS) is 17.5. The van der Waals surface area contributed by atoms with Crippen LogP contribution in [0.2, 0.25) is 10.0 Å². The Hall–Kier alpha value is -2.62. The van der Waals surface area contributed by atoms with Gasteiger partial charge in [0.05, 0.1) is 0 Å². The molecule has 0 bridgehead atoms. The van der Waals surface area contributed by atoms with Gasteiger partial charge in [0.2, 0.25) is 0 Å². The minimum Gasteiger partial charge on any atom is -0.334 e. The molecule has 1 unspecified atom stereocenters. The van der Waals surface area contributed by atoms with Crippen molar-refractivity contribution in [2.45, 2.75) is 19.4 Å². The van der Waals surface area contributed by atoms with Gasteiger partial charge in [-0.25, -0.2) is 4.57 Å². The van der Waals surface area contributed by atoms with Crippen LogP contribution in [0, 0.1) is 5.92 Å². The number of amides is 1. The molecule has 0 spiro atoms. The lowest BCUT2D eigenvalue weighted by Crippen LogP contribution is -2.42. The molecule has 0 saturated carbocycles. The van der Waals surface area contributed by atoms with E-state index < -0.39 is 0 Å². The minimum atomic E-state index is 0.0420. The van der Waals surface area contributed by atoms with E-state index in [-0.39, 0.29) is 11.8 Å². The van der Waals surface area contributed by atoms with Gasteiger partial charge >= 0.3 is 0 Å². The number of carbonyl (C=O) groups is 1. The maximum atomic E-state index is 13.3. The van der Waals surface area contributed by atoms with Crippen molar-refractivity contribution in [2.24, 2.45) is 5.92 Å². The van der Waals surface area contributed by atoms with Gasteiger partial charge in [-0.3, -0.25) is 4.79 Å². The number of benzene rings is 2. The Morgan fingerprint density at radius 3 is 2.61 bits per heavy atom. The first-order valence-electron chi connectivity index (χ1n) is 10.6. The van der Waals surface area contributed by atoms with Gasteiger partial charge in [0, 0.05) is 53.2 Å². The standard InChI is InChI=1S/C26H23Cl2N2O/c27-22-6-4-5-19(14-22)26(31)30-16-20(9-12-29-10-2-1-3-11-29)25-21(17-30)13-18-7-8-23(28)15-24(18)25/h1-8,10-11,14-15,20H,9,12-13,16-17H2/q+1. The summed E-state index contributed by atoms with van der Waals surface area (Å²) in [6.07, 6.45) is 6.02. The number of halogens is 2. The summed E-state index contributed by atoms with van der Waals surface area (Å²) in [5.74, 6) is 0.305. The van der Waals surface area contributed by atoms with Crippen molar-refractivity contribution in [2.75, 3.05) is 13.1 Å². The summed E-state index contributed by atoms with van der Waals surface area (Å²) in [5.41, 5.74) is 5.95. The number of aryl methyl sites for hydroxylation is 1. The van der Waals surface area contributed by atoms with Crippen LogP contribution in [0.5, 0.6) is 0 Å². The monoisotopic (exact) mass is 449 g/mol. The first kappa shape index (κ1) is 20.3. The van der Waals surface area contributed by atoms with E-state index in [9.17, 15) is 4.79 Å². The van der Waals surface area contributed by atoms with Crippen molar-refractivity contribution < 1.29 is 9.36 Å². The van der Waals surface area contributed by atoms with Crippen molar-refractivity contribution in [3.05, 3.63) is 105 Å². The molecule has 1 amide bonds. The molecule has 1 aliphatic heterocycles. The van der Waals surface area contributed by atoms with Crippen molar-refractivity contribution in [1.82, 2.24) is 4.90 Å². The molecular formula is C26H23Cl2N2O+. The molecule has 1 aromatic heterocycles. The van der Waals surface area contributed by atoms with Crippen molar-refractivity contribution >= 4 is 34.7 Å². The summed E-state index contributed by atoms with van der Waals surface area (Å²) in [6.45, 7) is 2.25. The summed E-state index contributed by atoms with van der Waals surface area (Å²) < 4.78 is 2.20. The van der Waals surface area contributed by atoms with Gasteiger partial charge in [0.25, 0.3) is 5.91 Å². The Labute approximate surface area is 192 Å². The van der Waals surface area contributed by atoms with E-state index >= 15 is 0 Å². The Morgan fingerprint density at radius 2 is 1.81 bits per heavy atom. The number of fused-ring (bicyclic) bond motifs is 2. The van der Waals surface area contributed by atoms with Crippen LogP contribution in [-0.4, -0.2) is 23.9 Å². The summed E-state index contributed by atoms with van der Waals surface area (Å²) in [7, 11) is 0. The molecule has 0 saturated heterocycles. The third-order valence-electron chi connectivity index (χ3n) is 6.25. The average Bonchev–Trinajstić information content (AvgIpc) is 3.15. The van der Waals surface area contributed by atoms with Crippen LogP contribution in [0.25, 0.3) is 5.57 Å². The van der Waals surface area contributed by atoms with Crippen molar-refractivity contribution in [3.63, 3.8) is 0 Å². The lowest BCUT2D eigenvalue weighted by atomic mass is 9.86. The van der Waals surface area contributed by atoms with E-state index in [0.717, 1.165) is 24.4 Å². The predicted molar refractivity (Wildman–Crippen MR) is 124 cm³/mol. The smallest absolute Gasteiger partial charge is 0.254 e. The van der Waals surface area contributed by atoms with Gasteiger partial charge in [-0.1, -0.05) is 41.4 Å². The molecule has 31 heavy (non-hydrogen) atoms. The fourth-order valence-electron chi connectivity index (χ4n) is 4.85. The highest BCUT2D eigenvalue weighted by Gasteiger charge is 2.36. The maximum absolute atomic E-state index is 13.3. The van der Waals surface area contributed by atoms with Gasteiger partial charge < -0.3 is 4.90 Å². The molecule has 1 aliphatic carbocycles. The molecule has 156 valence electrons. The minimum absolute atomic E-state index is 0.0420. The molecule has 5 heteroatoms. The summed E-state index contributed by atoms with van der Waals surface area (Å²) in [5, 5.41) is 1.35. The van der Waals surface area contributed by atoms with E-state index in [1.165, 1.54) is 22.3 Å². The fraction of sp³-hybridized carbons (Fsp3) is 0.231. The van der Waals surface area contributed by atoms with E-state index in [2.05, 4.69) is 29.1 Å². The van der Waals surface area contributed by atoms with Gasteiger partial charge in [-0.2, -0.15) is 0 Å². The number of hydrogen-bond acceptors (Lipinski definition) is 1. The molecular weight excluding hydrogens is 427 g/mol. The first-order chi connectivity index (χ1) is 15.1. The largest absolute Gasteiger partial charge is 0.334 e. The van der Waals surface area contributed by atoms with Crippen molar-refractivity contribution in [3.8, 4) is 0 Å². The third kappa shape index (κ3) is 4.13. The highest BCUT2D eigenvalue weighted by Crippen LogP contribution is 2.43. The van der Waals surface area contributed by atoms with Crippen LogP contribution < -0.4 is 4.57 Å². The third-order valence-corrected chi connectivity index (χ3v) is 6.72. The zero-order valence-electron chi connectivity index (χ0n) is 17.1. The lowest BCUT2D eigenvalue weighted by Gasteiger charge is -2.34. The van der Waals surface area contributed by atoms with Gasteiger partial charge in [-0.15, -0.1) is 0 Å². The van der Waals surface area contributed by atoms with Gasteiger partial charge in [-0.05, 0) is 59.0 Å². The van der Waals surface area contributed by atoms with E-state index in [0.29, 0.717) is 23.7 Å². The summed E-state index contributed by atoms with van der Waals surface area (Å²) >= 11 is 12.5. The van der Waals surface area contributed by atoms with E-state index in [4.69, 9.17) is 23.2 Å². The number of nitrogens with zero attached hydrogens (tertiary/aromatic N) is 2. The molecule has 0 N–H and O–H groups in total. The highest BCUT2D eigenvalue weighted by molar-refractivity contribution is 6.31. The number of rotatable bonds is 4. The summed E-state index contributed by atoms with van der Waals surface area (Å²) in [4.78, 5) is 15.3. The topological polar surface area (TPSA) is 24.2 Å². The van der Waals surface area contributed by atoms with E-state index in [1.54, 1.807) is 12.1 Å². The predicted octanol–water partition coefficient (Wildman–Crippen LogP) is 5.45. The first-order valence-corrected chi connectivity index (χ1v) is 11.3. The second-order valence-corrected chi connectivity index (χ2v) is 9.16. The second kappa shape index (κ2) is 8.49. The number of aromatic nitrogens is 1. The zero-order valence-corrected chi connectivity index (χ0v) is 18.6. The zero-order chi connectivity index (χ0) is 21.4. The van der Waals surface area contributed by atoms with Crippen LogP contribution in [0.4, 0.5) is 0 Å². The summed E-state index contributed by atoms with van der Waals surface area (Å²) in [6, 6.07) is 19.5. The van der Waals surface area contributed by atoms with Crippen LogP contribution in [0.3, 0.4) is 0 Å². The van der Waals surface area contributed by atoms with E-state index in [1.807, 2.05) is 41.3 Å².